The standard InChI is InChI=1S/C12H17ClN2O3/c1-3-18-9(2)6-7-14-11-5-4-10(13)8-12(11)15(16)17/h4-5,8-9,14H,3,6-7H2,1-2H3. The van der Waals surface area contributed by atoms with Crippen LogP contribution in [0, 0.1) is 10.1 Å². The maximum atomic E-state index is 10.9. The van der Waals surface area contributed by atoms with Gasteiger partial charge in [0, 0.05) is 24.2 Å². The summed E-state index contributed by atoms with van der Waals surface area (Å²) in [6.07, 6.45) is 0.919. The van der Waals surface area contributed by atoms with Crippen LogP contribution in [0.15, 0.2) is 18.2 Å². The van der Waals surface area contributed by atoms with E-state index in [2.05, 4.69) is 5.32 Å². The van der Waals surface area contributed by atoms with E-state index < -0.39 is 4.92 Å². The fourth-order valence-electron chi connectivity index (χ4n) is 1.58. The van der Waals surface area contributed by atoms with Gasteiger partial charge >= 0.3 is 0 Å². The number of ether oxygens (including phenoxy) is 1. The molecule has 0 saturated heterocycles. The molecule has 5 nitrogen and oxygen atoms in total. The third-order valence-corrected chi connectivity index (χ3v) is 2.71. The molecule has 0 heterocycles. The van der Waals surface area contributed by atoms with Gasteiger partial charge in [0.2, 0.25) is 0 Å². The van der Waals surface area contributed by atoms with Gasteiger partial charge < -0.3 is 10.1 Å². The minimum absolute atomic E-state index is 0.00781. The smallest absolute Gasteiger partial charge is 0.293 e. The van der Waals surface area contributed by atoms with Crippen molar-refractivity contribution < 1.29 is 9.66 Å². The van der Waals surface area contributed by atoms with Crippen molar-refractivity contribution in [2.45, 2.75) is 26.4 Å². The molecule has 100 valence electrons. The first-order valence-electron chi connectivity index (χ1n) is 5.84. The number of nitro groups is 1. The highest BCUT2D eigenvalue weighted by molar-refractivity contribution is 6.30. The van der Waals surface area contributed by atoms with Gasteiger partial charge in [-0.25, -0.2) is 0 Å². The highest BCUT2D eigenvalue weighted by atomic mass is 35.5. The zero-order valence-corrected chi connectivity index (χ0v) is 11.2. The Balaban J connectivity index is 2.59. The van der Waals surface area contributed by atoms with Crippen LogP contribution in [-0.4, -0.2) is 24.2 Å². The molecule has 0 aliphatic rings. The van der Waals surface area contributed by atoms with Crippen LogP contribution in [-0.2, 0) is 4.74 Å². The summed E-state index contributed by atoms with van der Waals surface area (Å²) in [7, 11) is 0. The fraction of sp³-hybridized carbons (Fsp3) is 0.500. The van der Waals surface area contributed by atoms with Gasteiger partial charge in [-0.15, -0.1) is 0 Å². The van der Waals surface area contributed by atoms with Crippen molar-refractivity contribution in [1.82, 2.24) is 0 Å². The van der Waals surface area contributed by atoms with Crippen molar-refractivity contribution in [3.63, 3.8) is 0 Å². The quantitative estimate of drug-likeness (QED) is 0.610. The second-order valence-electron chi connectivity index (χ2n) is 3.90. The first-order valence-corrected chi connectivity index (χ1v) is 6.21. The van der Waals surface area contributed by atoms with Crippen molar-refractivity contribution in [3.05, 3.63) is 33.3 Å². The van der Waals surface area contributed by atoms with Crippen molar-refractivity contribution in [3.8, 4) is 0 Å². The number of benzene rings is 1. The minimum atomic E-state index is -0.444. The van der Waals surface area contributed by atoms with E-state index in [-0.39, 0.29) is 11.8 Å². The van der Waals surface area contributed by atoms with Gasteiger partial charge in [-0.2, -0.15) is 0 Å². The third kappa shape index (κ3) is 4.50. The molecule has 1 unspecified atom stereocenters. The van der Waals surface area contributed by atoms with Crippen molar-refractivity contribution >= 4 is 23.0 Å². The zero-order chi connectivity index (χ0) is 13.5. The van der Waals surface area contributed by atoms with E-state index in [1.165, 1.54) is 6.07 Å². The lowest BCUT2D eigenvalue weighted by atomic mass is 10.2. The molecule has 0 amide bonds. The minimum Gasteiger partial charge on any atom is -0.379 e. The van der Waals surface area contributed by atoms with Gasteiger partial charge in [0.1, 0.15) is 5.69 Å². The van der Waals surface area contributed by atoms with E-state index in [0.29, 0.717) is 23.9 Å². The fourth-order valence-corrected chi connectivity index (χ4v) is 1.75. The van der Waals surface area contributed by atoms with Crippen molar-refractivity contribution in [1.29, 1.82) is 0 Å². The normalized spacial score (nSPS) is 12.2. The summed E-state index contributed by atoms with van der Waals surface area (Å²) in [5.74, 6) is 0. The summed E-state index contributed by atoms with van der Waals surface area (Å²) in [6, 6.07) is 4.59. The number of nitrogens with zero attached hydrogens (tertiary/aromatic N) is 1. The van der Waals surface area contributed by atoms with E-state index in [0.717, 1.165) is 6.42 Å². The lowest BCUT2D eigenvalue weighted by Gasteiger charge is -2.12. The Morgan fingerprint density at radius 2 is 2.28 bits per heavy atom. The molecule has 0 fully saturated rings. The van der Waals surface area contributed by atoms with E-state index in [1.54, 1.807) is 12.1 Å². The molecule has 1 N–H and O–H groups in total. The van der Waals surface area contributed by atoms with Crippen LogP contribution in [0.25, 0.3) is 0 Å². The predicted octanol–water partition coefficient (Wildman–Crippen LogP) is 3.48. The first kappa shape index (κ1) is 14.7. The predicted molar refractivity (Wildman–Crippen MR) is 72.3 cm³/mol. The molecule has 0 spiro atoms. The topological polar surface area (TPSA) is 64.4 Å². The number of halogens is 1. The molecule has 0 radical (unpaired) electrons. The van der Waals surface area contributed by atoms with Crippen LogP contribution in [0.5, 0.6) is 0 Å². The summed E-state index contributed by atoms with van der Waals surface area (Å²) in [5, 5.41) is 14.2. The third-order valence-electron chi connectivity index (χ3n) is 2.47. The number of anilines is 1. The molecule has 0 aliphatic carbocycles. The van der Waals surface area contributed by atoms with E-state index in [9.17, 15) is 10.1 Å². The molecule has 0 bridgehead atoms. The van der Waals surface area contributed by atoms with Gasteiger partial charge in [-0.1, -0.05) is 11.6 Å². The summed E-state index contributed by atoms with van der Waals surface area (Å²) in [5.41, 5.74) is 0.472. The number of hydrogen-bond donors (Lipinski definition) is 1. The maximum Gasteiger partial charge on any atom is 0.293 e. The lowest BCUT2D eigenvalue weighted by Crippen LogP contribution is -2.14. The molecule has 0 saturated carbocycles. The van der Waals surface area contributed by atoms with E-state index >= 15 is 0 Å². The Hall–Kier alpha value is -1.33. The van der Waals surface area contributed by atoms with Crippen LogP contribution in [0.4, 0.5) is 11.4 Å². The van der Waals surface area contributed by atoms with Gasteiger partial charge in [-0.3, -0.25) is 10.1 Å². The second-order valence-corrected chi connectivity index (χ2v) is 4.34. The Morgan fingerprint density at radius 3 is 2.89 bits per heavy atom. The molecule has 6 heteroatoms. The van der Waals surface area contributed by atoms with Gasteiger partial charge in [0.25, 0.3) is 5.69 Å². The van der Waals surface area contributed by atoms with E-state index in [4.69, 9.17) is 16.3 Å². The van der Waals surface area contributed by atoms with Crippen LogP contribution < -0.4 is 5.32 Å². The molecule has 1 rings (SSSR count). The Kier molecular flexibility index (Phi) is 5.88. The molecule has 1 aromatic rings. The van der Waals surface area contributed by atoms with E-state index in [1.807, 2.05) is 13.8 Å². The maximum absolute atomic E-state index is 10.9. The average Bonchev–Trinajstić information content (AvgIpc) is 2.31. The zero-order valence-electron chi connectivity index (χ0n) is 10.5. The Labute approximate surface area is 111 Å². The largest absolute Gasteiger partial charge is 0.379 e. The van der Waals surface area contributed by atoms with Gasteiger partial charge in [0.15, 0.2) is 0 Å². The highest BCUT2D eigenvalue weighted by Crippen LogP contribution is 2.27. The molecule has 1 aromatic carbocycles. The first-order chi connectivity index (χ1) is 8.54. The van der Waals surface area contributed by atoms with Gasteiger partial charge in [-0.05, 0) is 32.4 Å². The summed E-state index contributed by atoms with van der Waals surface area (Å²) in [6.45, 7) is 5.20. The summed E-state index contributed by atoms with van der Waals surface area (Å²) < 4.78 is 5.38. The number of nitrogens with one attached hydrogen (secondary N) is 1. The Morgan fingerprint density at radius 1 is 1.56 bits per heavy atom. The number of nitro benzene ring substituents is 1. The van der Waals surface area contributed by atoms with Gasteiger partial charge in [0.05, 0.1) is 11.0 Å². The average molecular weight is 273 g/mol. The molecular weight excluding hydrogens is 256 g/mol. The second kappa shape index (κ2) is 7.18. The van der Waals surface area contributed by atoms with Crippen LogP contribution in [0.2, 0.25) is 5.02 Å². The summed E-state index contributed by atoms with van der Waals surface area (Å²) >= 11 is 5.73. The monoisotopic (exact) mass is 272 g/mol. The van der Waals surface area contributed by atoms with Crippen LogP contribution >= 0.6 is 11.6 Å². The SMILES string of the molecule is CCOC(C)CCNc1ccc(Cl)cc1[N+](=O)[O-]. The summed E-state index contributed by atoms with van der Waals surface area (Å²) in [4.78, 5) is 10.4. The van der Waals surface area contributed by atoms with Crippen LogP contribution in [0.3, 0.4) is 0 Å². The molecular formula is C12H17ClN2O3. The highest BCUT2D eigenvalue weighted by Gasteiger charge is 2.13. The lowest BCUT2D eigenvalue weighted by molar-refractivity contribution is -0.383. The molecule has 0 aliphatic heterocycles. The molecule has 1 atom stereocenters. The van der Waals surface area contributed by atoms with Crippen molar-refractivity contribution in [2.75, 3.05) is 18.5 Å². The molecule has 0 aromatic heterocycles. The number of rotatable bonds is 7. The number of hydrogen-bond acceptors (Lipinski definition) is 4. The van der Waals surface area contributed by atoms with Crippen LogP contribution in [0.1, 0.15) is 20.3 Å². The Bertz CT molecular complexity index is 412. The van der Waals surface area contributed by atoms with Crippen molar-refractivity contribution in [2.24, 2.45) is 0 Å². The molecule has 18 heavy (non-hydrogen) atoms.